The van der Waals surface area contributed by atoms with Gasteiger partial charge in [-0.15, -0.1) is 0 Å². The number of hydrogen-bond acceptors (Lipinski definition) is 3. The standard InChI is InChI=1S/C17H17Cl2NO2/c1-22-17-11(6-12(18)8-14(17)19)9-20-16-13-5-3-2-4-10(13)7-15(16)21/h2-6,8,15-16,20-21H,7,9H2,1H3/t15-,16+/m0/s1. The van der Waals surface area contributed by atoms with Gasteiger partial charge in [-0.2, -0.15) is 0 Å². The van der Waals surface area contributed by atoms with Crippen LogP contribution in [0.4, 0.5) is 0 Å². The highest BCUT2D eigenvalue weighted by atomic mass is 35.5. The van der Waals surface area contributed by atoms with E-state index < -0.39 is 6.10 Å². The number of methoxy groups -OCH3 is 1. The molecule has 2 N–H and O–H groups in total. The molecule has 0 heterocycles. The molecule has 5 heteroatoms. The monoisotopic (exact) mass is 337 g/mol. The van der Waals surface area contributed by atoms with Crippen molar-refractivity contribution in [2.24, 2.45) is 0 Å². The van der Waals surface area contributed by atoms with Crippen molar-refractivity contribution in [1.82, 2.24) is 5.32 Å². The first-order valence-electron chi connectivity index (χ1n) is 7.11. The minimum atomic E-state index is -0.432. The van der Waals surface area contributed by atoms with Crippen LogP contribution >= 0.6 is 23.2 Å². The first-order valence-corrected chi connectivity index (χ1v) is 7.87. The van der Waals surface area contributed by atoms with Gasteiger partial charge in [0, 0.05) is 23.6 Å². The van der Waals surface area contributed by atoms with Gasteiger partial charge in [-0.1, -0.05) is 47.5 Å². The first kappa shape index (κ1) is 15.6. The van der Waals surface area contributed by atoms with E-state index in [1.165, 1.54) is 5.56 Å². The lowest BCUT2D eigenvalue weighted by atomic mass is 10.1. The summed E-state index contributed by atoms with van der Waals surface area (Å²) in [6.07, 6.45) is 0.236. The Balaban J connectivity index is 1.81. The zero-order valence-corrected chi connectivity index (χ0v) is 13.7. The van der Waals surface area contributed by atoms with Crippen LogP contribution in [-0.2, 0) is 13.0 Å². The maximum Gasteiger partial charge on any atom is 0.142 e. The normalized spacial score (nSPS) is 20.0. The zero-order chi connectivity index (χ0) is 15.7. The molecule has 2 aromatic rings. The number of halogens is 2. The van der Waals surface area contributed by atoms with Gasteiger partial charge in [0.05, 0.1) is 24.3 Å². The van der Waals surface area contributed by atoms with Gasteiger partial charge in [-0.25, -0.2) is 0 Å². The van der Waals surface area contributed by atoms with E-state index in [-0.39, 0.29) is 6.04 Å². The Morgan fingerprint density at radius 2 is 2.05 bits per heavy atom. The third-order valence-corrected chi connectivity index (χ3v) is 4.50. The summed E-state index contributed by atoms with van der Waals surface area (Å²) in [7, 11) is 1.58. The van der Waals surface area contributed by atoms with E-state index in [1.54, 1.807) is 13.2 Å². The van der Waals surface area contributed by atoms with Crippen LogP contribution in [0.3, 0.4) is 0 Å². The van der Waals surface area contributed by atoms with Crippen LogP contribution in [-0.4, -0.2) is 18.3 Å². The third-order valence-electron chi connectivity index (χ3n) is 4.01. The molecule has 1 aliphatic carbocycles. The van der Waals surface area contributed by atoms with Crippen molar-refractivity contribution in [1.29, 1.82) is 0 Å². The van der Waals surface area contributed by atoms with Crippen LogP contribution in [0.1, 0.15) is 22.7 Å². The van der Waals surface area contributed by atoms with Crippen molar-refractivity contribution in [3.05, 3.63) is 63.1 Å². The molecule has 0 aromatic heterocycles. The van der Waals surface area contributed by atoms with E-state index in [2.05, 4.69) is 11.4 Å². The van der Waals surface area contributed by atoms with E-state index in [1.807, 2.05) is 24.3 Å². The van der Waals surface area contributed by atoms with Crippen molar-refractivity contribution >= 4 is 23.2 Å². The maximum atomic E-state index is 10.3. The van der Waals surface area contributed by atoms with Gasteiger partial charge in [0.15, 0.2) is 0 Å². The molecule has 0 saturated carbocycles. The Bertz CT molecular complexity index is 690. The number of rotatable bonds is 4. The number of ether oxygens (including phenoxy) is 1. The van der Waals surface area contributed by atoms with Crippen LogP contribution in [0.25, 0.3) is 0 Å². The molecule has 3 nitrogen and oxygen atoms in total. The molecule has 2 aromatic carbocycles. The fourth-order valence-electron chi connectivity index (χ4n) is 3.01. The van der Waals surface area contributed by atoms with Gasteiger partial charge in [0.25, 0.3) is 0 Å². The Morgan fingerprint density at radius 1 is 1.27 bits per heavy atom. The van der Waals surface area contributed by atoms with E-state index in [9.17, 15) is 5.11 Å². The summed E-state index contributed by atoms with van der Waals surface area (Å²) in [5, 5.41) is 14.7. The second-order valence-corrected chi connectivity index (χ2v) is 6.25. The predicted molar refractivity (Wildman–Crippen MR) is 88.7 cm³/mol. The number of hydrogen-bond donors (Lipinski definition) is 2. The molecule has 2 atom stereocenters. The molecule has 0 saturated heterocycles. The van der Waals surface area contributed by atoms with Crippen molar-refractivity contribution in [2.75, 3.05) is 7.11 Å². The molecular weight excluding hydrogens is 321 g/mol. The molecule has 0 aliphatic heterocycles. The zero-order valence-electron chi connectivity index (χ0n) is 12.1. The number of fused-ring (bicyclic) bond motifs is 1. The molecule has 0 spiro atoms. The van der Waals surface area contributed by atoms with E-state index >= 15 is 0 Å². The highest BCUT2D eigenvalue weighted by molar-refractivity contribution is 6.35. The fourth-order valence-corrected chi connectivity index (χ4v) is 3.63. The summed E-state index contributed by atoms with van der Waals surface area (Å²) in [5.74, 6) is 0.610. The summed E-state index contributed by atoms with van der Waals surface area (Å²) in [6.45, 7) is 0.513. The van der Waals surface area contributed by atoms with Crippen molar-refractivity contribution in [3.63, 3.8) is 0 Å². The Hall–Kier alpha value is -1.26. The lowest BCUT2D eigenvalue weighted by Gasteiger charge is -2.19. The molecule has 0 radical (unpaired) electrons. The average molecular weight is 338 g/mol. The van der Waals surface area contributed by atoms with Crippen LogP contribution < -0.4 is 10.1 Å². The molecule has 0 fully saturated rings. The van der Waals surface area contributed by atoms with E-state index in [0.29, 0.717) is 28.8 Å². The maximum absolute atomic E-state index is 10.3. The minimum Gasteiger partial charge on any atom is -0.495 e. The Labute approximate surface area is 139 Å². The van der Waals surface area contributed by atoms with Crippen molar-refractivity contribution in [2.45, 2.75) is 25.1 Å². The summed E-state index contributed by atoms with van der Waals surface area (Å²) in [4.78, 5) is 0. The van der Waals surface area contributed by atoms with Crippen LogP contribution in [0.5, 0.6) is 5.75 Å². The van der Waals surface area contributed by atoms with E-state index in [4.69, 9.17) is 27.9 Å². The Kier molecular flexibility index (Phi) is 4.59. The van der Waals surface area contributed by atoms with Crippen molar-refractivity contribution in [3.8, 4) is 5.75 Å². The average Bonchev–Trinajstić information content (AvgIpc) is 2.80. The van der Waals surface area contributed by atoms with E-state index in [0.717, 1.165) is 11.1 Å². The van der Waals surface area contributed by atoms with Crippen LogP contribution in [0, 0.1) is 0 Å². The fraction of sp³-hybridized carbons (Fsp3) is 0.294. The molecule has 0 bridgehead atoms. The third kappa shape index (κ3) is 2.95. The van der Waals surface area contributed by atoms with Gasteiger partial charge in [0.2, 0.25) is 0 Å². The molecular formula is C17H17Cl2NO2. The van der Waals surface area contributed by atoms with Crippen molar-refractivity contribution < 1.29 is 9.84 Å². The van der Waals surface area contributed by atoms with Gasteiger partial charge >= 0.3 is 0 Å². The van der Waals surface area contributed by atoms with Gasteiger partial charge < -0.3 is 15.2 Å². The number of benzene rings is 2. The number of aliphatic hydroxyl groups is 1. The van der Waals surface area contributed by atoms with Gasteiger partial charge in [0.1, 0.15) is 5.75 Å². The molecule has 22 heavy (non-hydrogen) atoms. The van der Waals surface area contributed by atoms with Gasteiger partial charge in [-0.3, -0.25) is 0 Å². The summed E-state index contributed by atoms with van der Waals surface area (Å²) < 4.78 is 5.35. The summed E-state index contributed by atoms with van der Waals surface area (Å²) in [5.41, 5.74) is 3.20. The second kappa shape index (κ2) is 6.47. The summed E-state index contributed by atoms with van der Waals surface area (Å²) >= 11 is 12.2. The Morgan fingerprint density at radius 3 is 2.82 bits per heavy atom. The smallest absolute Gasteiger partial charge is 0.142 e. The highest BCUT2D eigenvalue weighted by Crippen LogP contribution is 2.34. The highest BCUT2D eigenvalue weighted by Gasteiger charge is 2.30. The number of aliphatic hydroxyl groups excluding tert-OH is 1. The molecule has 0 amide bonds. The minimum absolute atomic E-state index is 0.0985. The van der Waals surface area contributed by atoms with Gasteiger partial charge in [-0.05, 0) is 23.3 Å². The lowest BCUT2D eigenvalue weighted by Crippen LogP contribution is -2.28. The summed E-state index contributed by atoms with van der Waals surface area (Å²) in [6, 6.07) is 11.5. The quantitative estimate of drug-likeness (QED) is 0.892. The molecule has 0 unspecified atom stereocenters. The first-order chi connectivity index (χ1) is 10.6. The molecule has 116 valence electrons. The largest absolute Gasteiger partial charge is 0.495 e. The van der Waals surface area contributed by atoms with Crippen LogP contribution in [0.2, 0.25) is 10.0 Å². The number of nitrogens with one attached hydrogen (secondary N) is 1. The lowest BCUT2D eigenvalue weighted by molar-refractivity contribution is 0.140. The molecule has 3 rings (SSSR count). The van der Waals surface area contributed by atoms with Crippen LogP contribution in [0.15, 0.2) is 36.4 Å². The molecule has 1 aliphatic rings. The topological polar surface area (TPSA) is 41.5 Å². The predicted octanol–water partition coefficient (Wildman–Crippen LogP) is 3.75. The second-order valence-electron chi connectivity index (χ2n) is 5.41. The SMILES string of the molecule is COc1c(Cl)cc(Cl)cc1CN[C@@H]1c2ccccc2C[C@@H]1O.